The topological polar surface area (TPSA) is 51.7 Å². The van der Waals surface area contributed by atoms with Crippen LogP contribution >= 0.6 is 0 Å². The summed E-state index contributed by atoms with van der Waals surface area (Å²) in [6.07, 6.45) is 0. The molecule has 0 radical (unpaired) electrons. The van der Waals surface area contributed by atoms with Gasteiger partial charge < -0.3 is 10.6 Å². The molecule has 3 N–H and O–H groups in total. The molecule has 0 amide bonds. The minimum absolute atomic E-state index is 0. The van der Waals surface area contributed by atoms with Crippen LogP contribution in [0.2, 0.25) is 0 Å². The average Bonchev–Trinajstić information content (AvgIpc) is 0.722. The van der Waals surface area contributed by atoms with Crippen LogP contribution < -0.4 is 0 Å². The van der Waals surface area contributed by atoms with Crippen molar-refractivity contribution < 1.29 is 10.6 Å². The van der Waals surface area contributed by atoms with E-state index in [4.69, 9.17) is 5.11 Å². The second-order valence-corrected chi connectivity index (χ2v) is 2.17. The van der Waals surface area contributed by atoms with Gasteiger partial charge in [-0.25, -0.2) is 0 Å². The Bertz CT molecular complexity index is 27.5. The molecule has 0 fully saturated rings. The summed E-state index contributed by atoms with van der Waals surface area (Å²) in [6, 6.07) is 0. The van der Waals surface area contributed by atoms with Crippen molar-refractivity contribution in [3.63, 3.8) is 0 Å². The zero-order valence-corrected chi connectivity index (χ0v) is 4.45. The van der Waals surface area contributed by atoms with Gasteiger partial charge in [-0.3, -0.25) is 0 Å². The second kappa shape index (κ2) is 10.1. The standard InChI is InChI=1S/C4H10O.2Ba.H2O.4H/c1-4(2,3)5;;;;;;;/h5H,1-3H3;;;1H2;;;;. The van der Waals surface area contributed by atoms with E-state index in [0.29, 0.717) is 0 Å². The van der Waals surface area contributed by atoms with Gasteiger partial charge in [0.25, 0.3) is 0 Å². The van der Waals surface area contributed by atoms with Gasteiger partial charge in [0.15, 0.2) is 0 Å². The van der Waals surface area contributed by atoms with E-state index in [1.54, 1.807) is 20.8 Å². The van der Waals surface area contributed by atoms with Crippen molar-refractivity contribution in [3.05, 3.63) is 0 Å². The molecule has 0 aliphatic heterocycles. The van der Waals surface area contributed by atoms with E-state index in [1.807, 2.05) is 0 Å². The SMILES string of the molecule is CC(C)(C)O.O.[BaH2].[BaH2]. The normalized spacial score (nSPS) is 7.50. The molecule has 0 aliphatic carbocycles. The van der Waals surface area contributed by atoms with Crippen LogP contribution in [0.5, 0.6) is 0 Å². The third-order valence-corrected chi connectivity index (χ3v) is 0. The summed E-state index contributed by atoms with van der Waals surface area (Å²) in [6.45, 7) is 5.23. The van der Waals surface area contributed by atoms with E-state index in [9.17, 15) is 0 Å². The van der Waals surface area contributed by atoms with E-state index in [0.717, 1.165) is 0 Å². The first-order valence-corrected chi connectivity index (χ1v) is 1.72. The van der Waals surface area contributed by atoms with E-state index in [-0.39, 0.29) is 103 Å². The van der Waals surface area contributed by atoms with Gasteiger partial charge in [-0.2, -0.15) is 0 Å². The van der Waals surface area contributed by atoms with Crippen LogP contribution in [0, 0.1) is 0 Å². The number of hydrogen-bond acceptors (Lipinski definition) is 1. The fourth-order valence-electron chi connectivity index (χ4n) is 0. The molecule has 0 unspecified atom stereocenters. The Balaban J connectivity index is -0.0000000267. The molecule has 0 heterocycles. The van der Waals surface area contributed by atoms with Crippen molar-refractivity contribution in [1.82, 2.24) is 0 Å². The summed E-state index contributed by atoms with van der Waals surface area (Å²) in [5.74, 6) is 0. The molecule has 2 nitrogen and oxygen atoms in total. The van der Waals surface area contributed by atoms with E-state index in [2.05, 4.69) is 0 Å². The fraction of sp³-hybridized carbons (Fsp3) is 1.00. The van der Waals surface area contributed by atoms with Crippen molar-refractivity contribution in [2.24, 2.45) is 0 Å². The van der Waals surface area contributed by atoms with Crippen LogP contribution in [0.4, 0.5) is 0 Å². The van der Waals surface area contributed by atoms with Gasteiger partial charge in [-0.15, -0.1) is 0 Å². The van der Waals surface area contributed by atoms with E-state index in [1.165, 1.54) is 0 Å². The zero-order chi connectivity index (χ0) is 4.50. The zero-order valence-electron chi connectivity index (χ0n) is 4.45. The molecule has 0 aromatic rings. The third kappa shape index (κ3) is 62.8. The summed E-state index contributed by atoms with van der Waals surface area (Å²) in [5.41, 5.74) is -0.500. The molecule has 48 valence electrons. The number of aliphatic hydroxyl groups is 1. The molecular weight excluding hydrogens is 355 g/mol. The fourth-order valence-corrected chi connectivity index (χ4v) is 0. The number of hydrogen-bond donors (Lipinski definition) is 1. The molecular formula is C4H16Ba2O2. The van der Waals surface area contributed by atoms with Gasteiger partial charge in [-0.05, 0) is 20.8 Å². The van der Waals surface area contributed by atoms with Gasteiger partial charge in [0.2, 0.25) is 0 Å². The summed E-state index contributed by atoms with van der Waals surface area (Å²) in [5, 5.41) is 8.52. The maximum absolute atomic E-state index is 8.52. The molecule has 0 spiro atoms. The van der Waals surface area contributed by atoms with Gasteiger partial charge >= 0.3 is 97.8 Å². The van der Waals surface area contributed by atoms with Gasteiger partial charge in [0, 0.05) is 0 Å². The molecule has 0 saturated heterocycles. The Labute approximate surface area is 131 Å². The Morgan fingerprint density at radius 3 is 1.00 bits per heavy atom. The van der Waals surface area contributed by atoms with Crippen LogP contribution in [0.1, 0.15) is 20.8 Å². The third-order valence-electron chi connectivity index (χ3n) is 0. The molecule has 0 saturated carbocycles. The summed E-state index contributed by atoms with van der Waals surface area (Å²) in [7, 11) is 0. The van der Waals surface area contributed by atoms with Crippen molar-refractivity contribution in [3.8, 4) is 0 Å². The predicted molar refractivity (Wildman–Crippen MR) is 42.7 cm³/mol. The summed E-state index contributed by atoms with van der Waals surface area (Å²) < 4.78 is 0. The van der Waals surface area contributed by atoms with Crippen LogP contribution in [0.3, 0.4) is 0 Å². The van der Waals surface area contributed by atoms with Crippen LogP contribution in [-0.2, 0) is 0 Å². The minimum atomic E-state index is -0.500. The van der Waals surface area contributed by atoms with Crippen molar-refractivity contribution >= 4 is 97.8 Å². The van der Waals surface area contributed by atoms with E-state index >= 15 is 0 Å². The molecule has 8 heavy (non-hydrogen) atoms. The number of rotatable bonds is 0. The van der Waals surface area contributed by atoms with Crippen LogP contribution in [0.25, 0.3) is 0 Å². The monoisotopic (exact) mass is 372 g/mol. The van der Waals surface area contributed by atoms with Gasteiger partial charge in [0.05, 0.1) is 5.60 Å². The average molecular weight is 371 g/mol. The Hall–Kier alpha value is 3.06. The van der Waals surface area contributed by atoms with Gasteiger partial charge in [-0.1, -0.05) is 0 Å². The molecule has 4 heteroatoms. The van der Waals surface area contributed by atoms with E-state index < -0.39 is 5.60 Å². The Morgan fingerprint density at radius 2 is 1.00 bits per heavy atom. The second-order valence-electron chi connectivity index (χ2n) is 2.17. The maximum atomic E-state index is 8.52. The van der Waals surface area contributed by atoms with Gasteiger partial charge in [0.1, 0.15) is 0 Å². The van der Waals surface area contributed by atoms with Crippen LogP contribution in [0.15, 0.2) is 0 Å². The van der Waals surface area contributed by atoms with Crippen molar-refractivity contribution in [2.45, 2.75) is 26.4 Å². The first-order chi connectivity index (χ1) is 2.00. The summed E-state index contributed by atoms with van der Waals surface area (Å²) >= 11 is 0. The summed E-state index contributed by atoms with van der Waals surface area (Å²) in [4.78, 5) is 0. The van der Waals surface area contributed by atoms with Crippen molar-refractivity contribution in [1.29, 1.82) is 0 Å². The molecule has 0 aliphatic rings. The molecule has 0 aromatic heterocycles. The first kappa shape index (κ1) is 22.5. The Morgan fingerprint density at radius 1 is 1.00 bits per heavy atom. The van der Waals surface area contributed by atoms with Crippen LogP contribution in [-0.4, -0.2) is 114 Å². The van der Waals surface area contributed by atoms with Crippen molar-refractivity contribution in [2.75, 3.05) is 0 Å². The predicted octanol–water partition coefficient (Wildman–Crippen LogP) is -1.88. The quantitative estimate of drug-likeness (QED) is 0.499. The molecule has 0 atom stereocenters. The molecule has 0 aromatic carbocycles. The first-order valence-electron chi connectivity index (χ1n) is 1.72. The molecule has 0 bridgehead atoms. The molecule has 0 rings (SSSR count). The Kier molecular flexibility index (Phi) is 28.2.